The molecule has 0 aliphatic carbocycles. The first kappa shape index (κ1) is 18.9. The van der Waals surface area contributed by atoms with E-state index in [4.69, 9.17) is 4.74 Å². The van der Waals surface area contributed by atoms with Gasteiger partial charge in [-0.15, -0.1) is 0 Å². The molecule has 0 bridgehead atoms. The molecule has 1 unspecified atom stereocenters. The van der Waals surface area contributed by atoms with Crippen LogP contribution >= 0.6 is 0 Å². The molecule has 0 aromatic heterocycles. The van der Waals surface area contributed by atoms with Crippen molar-refractivity contribution < 1.29 is 18.8 Å². The molecule has 1 amide bonds. The first-order valence-corrected chi connectivity index (χ1v) is 9.98. The Morgan fingerprint density at radius 2 is 1.96 bits per heavy atom. The molecule has 2 aliphatic rings. The molecule has 0 N–H and O–H groups in total. The van der Waals surface area contributed by atoms with Gasteiger partial charge in [-0.3, -0.25) is 4.79 Å². The predicted octanol–water partition coefficient (Wildman–Crippen LogP) is 3.30. The summed E-state index contributed by atoms with van der Waals surface area (Å²) < 4.78 is 6.13. The molecule has 5 heteroatoms. The van der Waals surface area contributed by atoms with E-state index in [-0.39, 0.29) is 17.9 Å². The molecule has 26 heavy (non-hydrogen) atoms. The molecule has 0 radical (unpaired) electrons. The summed E-state index contributed by atoms with van der Waals surface area (Å²) in [7, 11) is 0. The third-order valence-corrected chi connectivity index (χ3v) is 6.18. The zero-order valence-corrected chi connectivity index (χ0v) is 16.3. The van der Waals surface area contributed by atoms with E-state index in [0.717, 1.165) is 41.8 Å². The molecule has 142 valence electrons. The van der Waals surface area contributed by atoms with Gasteiger partial charge in [0, 0.05) is 13.0 Å². The molecule has 5 nitrogen and oxygen atoms in total. The van der Waals surface area contributed by atoms with Crippen molar-refractivity contribution in [3.05, 3.63) is 29.3 Å². The summed E-state index contributed by atoms with van der Waals surface area (Å²) in [5.41, 5.74) is 2.19. The first-order valence-electron chi connectivity index (χ1n) is 9.98. The topological polar surface area (TPSA) is 46.6 Å². The second kappa shape index (κ2) is 7.78. The Hall–Kier alpha value is -1.88. The van der Waals surface area contributed by atoms with E-state index in [2.05, 4.69) is 6.92 Å². The number of para-hydroxylation sites is 1. The van der Waals surface area contributed by atoms with Gasteiger partial charge in [0.25, 0.3) is 5.91 Å². The third-order valence-electron chi connectivity index (χ3n) is 6.18. The van der Waals surface area contributed by atoms with Crippen LogP contribution in [0.2, 0.25) is 0 Å². The lowest BCUT2D eigenvalue weighted by Gasteiger charge is -2.44. The Bertz CT molecular complexity index is 680. The van der Waals surface area contributed by atoms with E-state index in [0.29, 0.717) is 18.7 Å². The van der Waals surface area contributed by atoms with Gasteiger partial charge in [0.05, 0.1) is 37.5 Å². The van der Waals surface area contributed by atoms with Gasteiger partial charge >= 0.3 is 5.97 Å². The standard InChI is InChI=1S/C21H31N2O3/c1-4-23(14-7-6-8-15-23)18-12-13-22(20(18)24)19-16(3)10-9-11-17(19)21(25)26-5-2/h9-11,18H,4-8,12-15H2,1-3H3/q+1. The third kappa shape index (κ3) is 3.25. The number of nitrogens with zero attached hydrogens (tertiary/aromatic N) is 2. The number of carbonyl (C=O) groups excluding carboxylic acids is 2. The number of likely N-dealkylation sites (tertiary alicyclic amines) is 1. The average Bonchev–Trinajstić information content (AvgIpc) is 3.04. The lowest BCUT2D eigenvalue weighted by Crippen LogP contribution is -2.60. The Morgan fingerprint density at radius 3 is 2.62 bits per heavy atom. The van der Waals surface area contributed by atoms with Crippen LogP contribution in [0, 0.1) is 6.92 Å². The number of quaternary nitrogens is 1. The van der Waals surface area contributed by atoms with Gasteiger partial charge in [-0.25, -0.2) is 4.79 Å². The number of anilines is 1. The quantitative estimate of drug-likeness (QED) is 0.599. The SMILES string of the molecule is CCOC(=O)c1cccc(C)c1N1CCC([N+]2(CC)CCCCC2)C1=O. The number of hydrogen-bond donors (Lipinski definition) is 0. The predicted molar refractivity (Wildman–Crippen MR) is 102 cm³/mol. The summed E-state index contributed by atoms with van der Waals surface area (Å²) >= 11 is 0. The van der Waals surface area contributed by atoms with Crippen molar-refractivity contribution in [2.45, 2.75) is 52.5 Å². The van der Waals surface area contributed by atoms with Crippen molar-refractivity contribution in [3.63, 3.8) is 0 Å². The lowest BCUT2D eigenvalue weighted by atomic mass is 10.0. The Morgan fingerprint density at radius 1 is 1.23 bits per heavy atom. The number of hydrogen-bond acceptors (Lipinski definition) is 3. The van der Waals surface area contributed by atoms with Crippen molar-refractivity contribution in [2.75, 3.05) is 37.7 Å². The number of aryl methyl sites for hydroxylation is 1. The van der Waals surface area contributed by atoms with Crippen LogP contribution in [0.5, 0.6) is 0 Å². The summed E-state index contributed by atoms with van der Waals surface area (Å²) in [5, 5.41) is 0. The van der Waals surface area contributed by atoms with E-state index < -0.39 is 0 Å². The number of carbonyl (C=O) groups is 2. The highest BCUT2D eigenvalue weighted by molar-refractivity contribution is 6.06. The average molecular weight is 359 g/mol. The number of likely N-dealkylation sites (N-methyl/N-ethyl adjacent to an activating group) is 1. The van der Waals surface area contributed by atoms with Crippen LogP contribution in [0.4, 0.5) is 5.69 Å². The Kier molecular flexibility index (Phi) is 5.66. The van der Waals surface area contributed by atoms with Gasteiger partial charge < -0.3 is 14.1 Å². The zero-order valence-electron chi connectivity index (χ0n) is 16.3. The molecule has 1 atom stereocenters. The maximum Gasteiger partial charge on any atom is 0.340 e. The van der Waals surface area contributed by atoms with Crippen LogP contribution in [-0.4, -0.2) is 55.2 Å². The summed E-state index contributed by atoms with van der Waals surface area (Å²) in [6, 6.07) is 5.61. The van der Waals surface area contributed by atoms with Gasteiger partial charge in [-0.1, -0.05) is 12.1 Å². The molecular formula is C21H31N2O3+. The van der Waals surface area contributed by atoms with Gasteiger partial charge in [-0.05, 0) is 51.7 Å². The number of ether oxygens (including phenoxy) is 1. The molecule has 2 saturated heterocycles. The van der Waals surface area contributed by atoms with Gasteiger partial charge in [0.15, 0.2) is 6.04 Å². The summed E-state index contributed by atoms with van der Waals surface area (Å²) in [5.74, 6) is -0.173. The van der Waals surface area contributed by atoms with Gasteiger partial charge in [-0.2, -0.15) is 0 Å². The Balaban J connectivity index is 1.92. The monoisotopic (exact) mass is 359 g/mol. The summed E-state index contributed by atoms with van der Waals surface area (Å²) in [4.78, 5) is 27.7. The molecule has 1 aromatic rings. The van der Waals surface area contributed by atoms with E-state index in [1.165, 1.54) is 19.3 Å². The van der Waals surface area contributed by atoms with Gasteiger partial charge in [0.1, 0.15) is 0 Å². The molecular weight excluding hydrogens is 328 g/mol. The van der Waals surface area contributed by atoms with E-state index in [1.807, 2.05) is 24.0 Å². The van der Waals surface area contributed by atoms with Crippen LogP contribution in [-0.2, 0) is 9.53 Å². The van der Waals surface area contributed by atoms with Crippen molar-refractivity contribution in [3.8, 4) is 0 Å². The fourth-order valence-electron chi connectivity index (χ4n) is 4.78. The highest BCUT2D eigenvalue weighted by atomic mass is 16.5. The van der Waals surface area contributed by atoms with E-state index in [9.17, 15) is 9.59 Å². The number of esters is 1. The van der Waals surface area contributed by atoms with Crippen LogP contribution in [0.25, 0.3) is 0 Å². The zero-order chi connectivity index (χ0) is 18.7. The molecule has 2 fully saturated rings. The highest BCUT2D eigenvalue weighted by Gasteiger charge is 2.48. The van der Waals surface area contributed by atoms with Crippen molar-refractivity contribution in [1.82, 2.24) is 0 Å². The van der Waals surface area contributed by atoms with Crippen LogP contribution < -0.4 is 4.90 Å². The lowest BCUT2D eigenvalue weighted by molar-refractivity contribution is -0.944. The first-order chi connectivity index (χ1) is 12.5. The minimum Gasteiger partial charge on any atom is -0.462 e. The number of piperidine rings is 1. The van der Waals surface area contributed by atoms with Crippen LogP contribution in [0.15, 0.2) is 18.2 Å². The number of benzene rings is 1. The molecule has 0 spiro atoms. The second-order valence-electron chi connectivity index (χ2n) is 7.53. The maximum absolute atomic E-state index is 13.4. The smallest absolute Gasteiger partial charge is 0.340 e. The molecule has 2 heterocycles. The van der Waals surface area contributed by atoms with Crippen molar-refractivity contribution >= 4 is 17.6 Å². The summed E-state index contributed by atoms with van der Waals surface area (Å²) in [6.45, 7) is 10.2. The number of amides is 1. The number of rotatable bonds is 5. The highest BCUT2D eigenvalue weighted by Crippen LogP contribution is 2.35. The van der Waals surface area contributed by atoms with E-state index >= 15 is 0 Å². The fourth-order valence-corrected chi connectivity index (χ4v) is 4.78. The van der Waals surface area contributed by atoms with Crippen molar-refractivity contribution in [1.29, 1.82) is 0 Å². The van der Waals surface area contributed by atoms with Crippen LogP contribution in [0.1, 0.15) is 55.5 Å². The largest absolute Gasteiger partial charge is 0.462 e. The maximum atomic E-state index is 13.4. The summed E-state index contributed by atoms with van der Waals surface area (Å²) in [6.07, 6.45) is 4.55. The molecule has 2 aliphatic heterocycles. The second-order valence-corrected chi connectivity index (χ2v) is 7.53. The normalized spacial score (nSPS) is 22.5. The fraction of sp³-hybridized carbons (Fsp3) is 0.619. The van der Waals surface area contributed by atoms with Crippen LogP contribution in [0.3, 0.4) is 0 Å². The van der Waals surface area contributed by atoms with Gasteiger partial charge in [0.2, 0.25) is 0 Å². The minimum absolute atomic E-state index is 0.0231. The molecule has 1 aromatic carbocycles. The van der Waals surface area contributed by atoms with E-state index in [1.54, 1.807) is 13.0 Å². The van der Waals surface area contributed by atoms with Crippen molar-refractivity contribution in [2.24, 2.45) is 0 Å². The molecule has 3 rings (SSSR count). The molecule has 0 saturated carbocycles. The minimum atomic E-state index is -0.347. The Labute approximate surface area is 156 Å².